The maximum atomic E-state index is 12.7. The Balaban J connectivity index is 2.21. The molecule has 1 fully saturated rings. The van der Waals surface area contributed by atoms with Crippen LogP contribution >= 0.6 is 0 Å². The molecule has 1 unspecified atom stereocenters. The number of carbonyl (C=O) groups is 1. The van der Waals surface area contributed by atoms with Crippen molar-refractivity contribution in [1.82, 2.24) is 4.98 Å². The molecule has 1 aliphatic carbocycles. The van der Waals surface area contributed by atoms with Crippen molar-refractivity contribution in [3.63, 3.8) is 0 Å². The molecule has 0 spiro atoms. The van der Waals surface area contributed by atoms with Gasteiger partial charge < -0.3 is 10.2 Å². The predicted octanol–water partition coefficient (Wildman–Crippen LogP) is 2.30. The fourth-order valence-electron chi connectivity index (χ4n) is 3.96. The lowest BCUT2D eigenvalue weighted by atomic mass is 9.72. The first-order valence-corrected chi connectivity index (χ1v) is 10.6. The van der Waals surface area contributed by atoms with E-state index in [1.54, 1.807) is 0 Å². The van der Waals surface area contributed by atoms with Gasteiger partial charge in [-0.2, -0.15) is 5.26 Å². The summed E-state index contributed by atoms with van der Waals surface area (Å²) in [5, 5.41) is 9.46. The number of nitriles is 1. The summed E-state index contributed by atoms with van der Waals surface area (Å²) in [6.45, 7) is 0. The molecule has 7 nitrogen and oxygen atoms in total. The van der Waals surface area contributed by atoms with Crippen LogP contribution in [0.25, 0.3) is 0 Å². The molecule has 0 radical (unpaired) electrons. The molecule has 1 aromatic heterocycles. The zero-order valence-electron chi connectivity index (χ0n) is 15.0. The average Bonchev–Trinajstić information content (AvgIpc) is 3.31. The smallest absolute Gasteiger partial charge is 0.237 e. The predicted molar refractivity (Wildman–Crippen MR) is 97.3 cm³/mol. The Morgan fingerprint density at radius 1 is 1.41 bits per heavy atom. The molecular formula is C19H21N3O4S. The van der Waals surface area contributed by atoms with Crippen molar-refractivity contribution >= 4 is 15.7 Å². The number of primary amides is 1. The van der Waals surface area contributed by atoms with Crippen LogP contribution in [-0.2, 0) is 20.0 Å². The highest BCUT2D eigenvalue weighted by atomic mass is 32.2. The summed E-state index contributed by atoms with van der Waals surface area (Å²) in [5.74, 6) is -0.199. The Labute approximate surface area is 158 Å². The number of rotatable bonds is 6. The topological polar surface area (TPSA) is 127 Å². The normalized spacial score (nSPS) is 17.3. The minimum absolute atomic E-state index is 0.0291. The summed E-state index contributed by atoms with van der Waals surface area (Å²) < 4.78 is 29.4. The summed E-state index contributed by atoms with van der Waals surface area (Å²) in [6, 6.07) is 6.20. The van der Waals surface area contributed by atoms with Crippen LogP contribution in [0.2, 0.25) is 0 Å². The molecule has 1 heterocycles. The third kappa shape index (κ3) is 3.47. The van der Waals surface area contributed by atoms with Gasteiger partial charge in [-0.3, -0.25) is 4.79 Å². The lowest BCUT2D eigenvalue weighted by Crippen LogP contribution is -2.44. The Morgan fingerprint density at radius 3 is 2.63 bits per heavy atom. The van der Waals surface area contributed by atoms with E-state index in [0.717, 1.165) is 31.9 Å². The first-order valence-electron chi connectivity index (χ1n) is 8.73. The molecule has 1 aromatic carbocycles. The molecule has 1 atom stereocenters. The number of oxazole rings is 1. The molecule has 0 bridgehead atoms. The van der Waals surface area contributed by atoms with Gasteiger partial charge in [-0.05, 0) is 30.0 Å². The second-order valence-corrected chi connectivity index (χ2v) is 9.04. The van der Waals surface area contributed by atoms with Gasteiger partial charge in [0, 0.05) is 6.26 Å². The largest absolute Gasteiger partial charge is 0.447 e. The fraction of sp³-hybridized carbons (Fsp3) is 0.421. The minimum Gasteiger partial charge on any atom is -0.447 e. The molecule has 1 saturated carbocycles. The van der Waals surface area contributed by atoms with E-state index in [0.29, 0.717) is 12.0 Å². The summed E-state index contributed by atoms with van der Waals surface area (Å²) >= 11 is 0. The van der Waals surface area contributed by atoms with E-state index in [2.05, 4.69) is 4.98 Å². The van der Waals surface area contributed by atoms with Gasteiger partial charge in [-0.25, -0.2) is 13.4 Å². The van der Waals surface area contributed by atoms with Crippen LogP contribution in [0, 0.1) is 17.2 Å². The molecule has 8 heteroatoms. The monoisotopic (exact) mass is 387 g/mol. The molecule has 2 N–H and O–H groups in total. The quantitative estimate of drug-likeness (QED) is 0.810. The number of hydrogen-bond donors (Lipinski definition) is 1. The van der Waals surface area contributed by atoms with E-state index < -0.39 is 21.2 Å². The molecule has 1 amide bonds. The number of aromatic nitrogens is 1. The maximum absolute atomic E-state index is 12.7. The van der Waals surface area contributed by atoms with Crippen LogP contribution in [0.15, 0.2) is 40.0 Å². The second kappa shape index (κ2) is 7.16. The van der Waals surface area contributed by atoms with Crippen LogP contribution in [-0.4, -0.2) is 25.6 Å². The van der Waals surface area contributed by atoms with Gasteiger partial charge in [0.15, 0.2) is 9.84 Å². The molecule has 142 valence electrons. The summed E-state index contributed by atoms with van der Waals surface area (Å²) in [4.78, 5) is 16.8. The molecule has 0 aliphatic heterocycles. The van der Waals surface area contributed by atoms with Gasteiger partial charge >= 0.3 is 0 Å². The average molecular weight is 387 g/mol. The van der Waals surface area contributed by atoms with Gasteiger partial charge in [-0.1, -0.05) is 31.7 Å². The van der Waals surface area contributed by atoms with Crippen molar-refractivity contribution in [1.29, 1.82) is 5.26 Å². The lowest BCUT2D eigenvalue weighted by Gasteiger charge is -2.31. The Bertz CT molecular complexity index is 986. The number of carbonyl (C=O) groups excluding carboxylic acids is 1. The SMILES string of the molecule is CS(=O)(=O)c1ccc(C(CC2CCCC2)(C(N)=O)c2ncco2)cc1C#N. The van der Waals surface area contributed by atoms with Crippen LogP contribution in [0.5, 0.6) is 0 Å². The molecule has 1 aliphatic rings. The minimum atomic E-state index is -3.58. The molecule has 3 rings (SSSR count). The van der Waals surface area contributed by atoms with Gasteiger partial charge in [0.05, 0.1) is 16.7 Å². The standard InChI is InChI=1S/C19H21N3O4S/c1-27(24,25)16-7-6-15(10-14(16)12-20)19(17(21)23,18-22-8-9-26-18)11-13-4-2-3-5-13/h6-10,13H,2-5,11H2,1H3,(H2,21,23). The van der Waals surface area contributed by atoms with E-state index in [1.165, 1.54) is 30.7 Å². The van der Waals surface area contributed by atoms with E-state index in [-0.39, 0.29) is 22.3 Å². The summed E-state index contributed by atoms with van der Waals surface area (Å²) in [5.41, 5.74) is 4.90. The van der Waals surface area contributed by atoms with Crippen molar-refractivity contribution in [3.05, 3.63) is 47.7 Å². The van der Waals surface area contributed by atoms with Crippen molar-refractivity contribution < 1.29 is 17.6 Å². The van der Waals surface area contributed by atoms with E-state index in [4.69, 9.17) is 10.2 Å². The molecular weight excluding hydrogens is 366 g/mol. The Morgan fingerprint density at radius 2 is 2.11 bits per heavy atom. The molecule has 27 heavy (non-hydrogen) atoms. The van der Waals surface area contributed by atoms with Gasteiger partial charge in [0.25, 0.3) is 0 Å². The van der Waals surface area contributed by atoms with Gasteiger partial charge in [0.1, 0.15) is 17.7 Å². The van der Waals surface area contributed by atoms with Crippen molar-refractivity contribution in [3.8, 4) is 6.07 Å². The highest BCUT2D eigenvalue weighted by molar-refractivity contribution is 7.90. The molecule has 2 aromatic rings. The van der Waals surface area contributed by atoms with Crippen LogP contribution in [0.1, 0.15) is 49.1 Å². The number of hydrogen-bond acceptors (Lipinski definition) is 6. The number of benzene rings is 1. The van der Waals surface area contributed by atoms with E-state index in [1.807, 2.05) is 6.07 Å². The fourth-order valence-corrected chi connectivity index (χ4v) is 4.78. The number of sulfone groups is 1. The van der Waals surface area contributed by atoms with E-state index >= 15 is 0 Å². The summed E-state index contributed by atoms with van der Waals surface area (Å²) in [7, 11) is -3.58. The number of amides is 1. The van der Waals surface area contributed by atoms with Crippen molar-refractivity contribution in [2.24, 2.45) is 11.7 Å². The third-order valence-electron chi connectivity index (χ3n) is 5.28. The second-order valence-electron chi connectivity index (χ2n) is 7.06. The highest BCUT2D eigenvalue weighted by Crippen LogP contribution is 2.42. The van der Waals surface area contributed by atoms with Gasteiger partial charge in [0.2, 0.25) is 11.8 Å². The van der Waals surface area contributed by atoms with Crippen LogP contribution in [0.4, 0.5) is 0 Å². The zero-order valence-corrected chi connectivity index (χ0v) is 15.8. The third-order valence-corrected chi connectivity index (χ3v) is 6.43. The molecule has 0 saturated heterocycles. The first kappa shape index (κ1) is 19.1. The van der Waals surface area contributed by atoms with Gasteiger partial charge in [-0.15, -0.1) is 0 Å². The zero-order chi connectivity index (χ0) is 19.7. The maximum Gasteiger partial charge on any atom is 0.237 e. The lowest BCUT2D eigenvalue weighted by molar-refractivity contribution is -0.123. The number of nitrogens with zero attached hydrogens (tertiary/aromatic N) is 2. The number of nitrogens with two attached hydrogens (primary N) is 1. The van der Waals surface area contributed by atoms with E-state index in [9.17, 15) is 18.5 Å². The summed E-state index contributed by atoms with van der Waals surface area (Å²) in [6.07, 6.45) is 8.38. The highest BCUT2D eigenvalue weighted by Gasteiger charge is 2.47. The van der Waals surface area contributed by atoms with Crippen molar-refractivity contribution in [2.45, 2.75) is 42.4 Å². The van der Waals surface area contributed by atoms with Crippen LogP contribution in [0.3, 0.4) is 0 Å². The first-order chi connectivity index (χ1) is 12.8. The Kier molecular flexibility index (Phi) is 5.07. The van der Waals surface area contributed by atoms with Crippen molar-refractivity contribution in [2.75, 3.05) is 6.26 Å². The van der Waals surface area contributed by atoms with Crippen LogP contribution < -0.4 is 5.73 Å². The Hall–Kier alpha value is -2.66.